The number of aliphatic hydroxyl groups is 1. The standard InChI is InChI=1S/C55H67N5O12/c1-5-51(63)60-47-9-7-6-8-45(47)46-32-42(15-17-48(46)60)53(64)56-19-21-67-23-25-69-27-29-71-31-30-70-28-26-68-24-22-66-20-18-50(62)57-35-40-10-12-41(13-11-40)36-72-44-16-14-43-34-55(38-61)37-59(55)54(65)52(39(2)3)58(4)49(43)33-44/h5-17,32-33,37,39,52,61H,1,18-31,34-36,38H2,2-4H3,(H-,56,57,62,64)/p+1/t52-,55+/m0/s1. The molecule has 0 fully saturated rings. The highest BCUT2D eigenvalue weighted by Gasteiger charge is 2.62. The zero-order valence-electron chi connectivity index (χ0n) is 41.6. The van der Waals surface area contributed by atoms with E-state index in [1.807, 2.05) is 98.7 Å². The Bertz CT molecular complexity index is 2680. The molecule has 7 rings (SSSR count). The number of hydrogen-bond donors (Lipinski definition) is 3. The van der Waals surface area contributed by atoms with Gasteiger partial charge in [0, 0.05) is 54.6 Å². The fourth-order valence-corrected chi connectivity index (χ4v) is 8.79. The summed E-state index contributed by atoms with van der Waals surface area (Å²) in [7, 11) is 1.94. The average Bonchev–Trinajstić information content (AvgIpc) is 4.01. The number of allylic oxidation sites excluding steroid dienone is 1. The first-order valence-corrected chi connectivity index (χ1v) is 24.6. The lowest BCUT2D eigenvalue weighted by molar-refractivity contribution is -0.436. The number of benzene rings is 4. The first-order chi connectivity index (χ1) is 35.0. The van der Waals surface area contributed by atoms with Crippen molar-refractivity contribution in [1.82, 2.24) is 15.2 Å². The third-order valence-corrected chi connectivity index (χ3v) is 12.6. The van der Waals surface area contributed by atoms with E-state index in [4.69, 9.17) is 33.2 Å². The molecule has 384 valence electrons. The summed E-state index contributed by atoms with van der Waals surface area (Å²) >= 11 is 0. The second kappa shape index (κ2) is 26.4. The van der Waals surface area contributed by atoms with E-state index in [9.17, 15) is 24.3 Å². The molecule has 0 aliphatic carbocycles. The number of amides is 3. The predicted molar refractivity (Wildman–Crippen MR) is 273 cm³/mol. The van der Waals surface area contributed by atoms with Crippen LogP contribution in [0.2, 0.25) is 0 Å². The van der Waals surface area contributed by atoms with Crippen LogP contribution < -0.4 is 20.3 Å². The van der Waals surface area contributed by atoms with E-state index in [0.717, 1.165) is 44.2 Å². The molecule has 2 aliphatic rings. The number of nitrogens with zero attached hydrogens (tertiary/aromatic N) is 3. The number of aromatic nitrogens is 1. The van der Waals surface area contributed by atoms with Crippen molar-refractivity contribution in [3.8, 4) is 5.75 Å². The second-order valence-electron chi connectivity index (χ2n) is 18.1. The number of ether oxygens (including phenoxy) is 7. The predicted octanol–water partition coefficient (Wildman–Crippen LogP) is 5.11. The maximum Gasteiger partial charge on any atom is 0.410 e. The molecule has 0 spiro atoms. The Hall–Kier alpha value is -6.31. The van der Waals surface area contributed by atoms with Crippen LogP contribution in [0.5, 0.6) is 5.75 Å². The van der Waals surface area contributed by atoms with Crippen molar-refractivity contribution in [2.45, 2.75) is 51.4 Å². The van der Waals surface area contributed by atoms with Gasteiger partial charge in [-0.05, 0) is 59.0 Å². The molecule has 2 atom stereocenters. The number of rotatable bonds is 30. The fourth-order valence-electron chi connectivity index (χ4n) is 8.79. The van der Waals surface area contributed by atoms with Gasteiger partial charge in [-0.2, -0.15) is 0 Å². The second-order valence-corrected chi connectivity index (χ2v) is 18.1. The van der Waals surface area contributed by atoms with Crippen molar-refractivity contribution >= 4 is 57.3 Å². The summed E-state index contributed by atoms with van der Waals surface area (Å²) in [6.07, 6.45) is 3.91. The van der Waals surface area contributed by atoms with Crippen molar-refractivity contribution in [1.29, 1.82) is 0 Å². The number of para-hydroxylation sites is 1. The summed E-state index contributed by atoms with van der Waals surface area (Å²) in [5, 5.41) is 17.7. The van der Waals surface area contributed by atoms with E-state index < -0.39 is 5.54 Å². The summed E-state index contributed by atoms with van der Waals surface area (Å²) in [5.41, 5.74) is 5.27. The van der Waals surface area contributed by atoms with Crippen LogP contribution in [0.4, 0.5) is 5.69 Å². The van der Waals surface area contributed by atoms with Crippen LogP contribution in [0.1, 0.15) is 52.1 Å². The fraction of sp³-hybridized carbons (Fsp3) is 0.436. The maximum atomic E-state index is 13.4. The Morgan fingerprint density at radius 3 is 2.01 bits per heavy atom. The molecule has 3 amide bonds. The van der Waals surface area contributed by atoms with Crippen molar-refractivity contribution in [2.24, 2.45) is 5.92 Å². The van der Waals surface area contributed by atoms with Crippen LogP contribution in [-0.4, -0.2) is 155 Å². The van der Waals surface area contributed by atoms with Gasteiger partial charge in [0.1, 0.15) is 19.0 Å². The lowest BCUT2D eigenvalue weighted by atomic mass is 9.92. The summed E-state index contributed by atoms with van der Waals surface area (Å²) in [5.74, 6) is 0.215. The zero-order valence-corrected chi connectivity index (χ0v) is 41.6. The van der Waals surface area contributed by atoms with E-state index in [2.05, 4.69) is 17.2 Å². The lowest BCUT2D eigenvalue weighted by Crippen LogP contribution is -2.49. The van der Waals surface area contributed by atoms with Gasteiger partial charge in [-0.25, -0.2) is 4.79 Å². The molecule has 0 unspecified atom stereocenters. The Morgan fingerprint density at radius 2 is 1.38 bits per heavy atom. The average molecular weight is 991 g/mol. The largest absolute Gasteiger partial charge is 0.489 e. The van der Waals surface area contributed by atoms with E-state index in [0.29, 0.717) is 117 Å². The van der Waals surface area contributed by atoms with Crippen LogP contribution in [0.3, 0.4) is 0 Å². The Morgan fingerprint density at radius 1 is 0.764 bits per heavy atom. The van der Waals surface area contributed by atoms with Gasteiger partial charge in [-0.3, -0.25) is 19.0 Å². The van der Waals surface area contributed by atoms with Crippen LogP contribution in [-0.2, 0) is 57.6 Å². The molecule has 5 aromatic rings. The number of hydrogen-bond acceptors (Lipinski definition) is 13. The molecule has 2 aliphatic heterocycles. The molecule has 17 nitrogen and oxygen atoms in total. The number of nitrogens with one attached hydrogen (secondary N) is 2. The molecule has 0 saturated carbocycles. The van der Waals surface area contributed by atoms with Crippen LogP contribution in [0.15, 0.2) is 97.6 Å². The molecule has 1 aromatic heterocycles. The molecular formula is C55H68N5O12+. The van der Waals surface area contributed by atoms with Crippen LogP contribution in [0.25, 0.3) is 21.8 Å². The first kappa shape index (κ1) is 53.5. The number of likely N-dealkylation sites (N-methyl/N-ethyl adjacent to an activating group) is 1. The van der Waals surface area contributed by atoms with Crippen molar-refractivity contribution in [2.75, 3.05) is 104 Å². The van der Waals surface area contributed by atoms with Gasteiger partial charge in [0.25, 0.3) is 17.4 Å². The smallest absolute Gasteiger partial charge is 0.410 e. The monoisotopic (exact) mass is 990 g/mol. The summed E-state index contributed by atoms with van der Waals surface area (Å²) in [6, 6.07) is 26.3. The van der Waals surface area contributed by atoms with Crippen molar-refractivity contribution in [3.05, 3.63) is 120 Å². The molecular weight excluding hydrogens is 923 g/mol. The molecule has 3 N–H and O–H groups in total. The third kappa shape index (κ3) is 14.0. The number of anilines is 1. The van der Waals surface area contributed by atoms with Gasteiger partial charge in [0.05, 0.1) is 96.7 Å². The van der Waals surface area contributed by atoms with Crippen LogP contribution in [0, 0.1) is 5.92 Å². The number of aliphatic hydroxyl groups excluding tert-OH is 1. The number of carbonyl (C=O) groups is 4. The minimum atomic E-state index is -0.637. The van der Waals surface area contributed by atoms with Gasteiger partial charge < -0.3 is 53.8 Å². The Labute approximate surface area is 420 Å². The molecule has 72 heavy (non-hydrogen) atoms. The van der Waals surface area contributed by atoms with Crippen LogP contribution >= 0.6 is 0 Å². The highest BCUT2D eigenvalue weighted by molar-refractivity contribution is 6.16. The van der Waals surface area contributed by atoms with E-state index >= 15 is 0 Å². The summed E-state index contributed by atoms with van der Waals surface area (Å²) in [4.78, 5) is 53.2. The molecule has 0 bridgehead atoms. The topological polar surface area (TPSA) is 188 Å². The highest BCUT2D eigenvalue weighted by atomic mass is 16.6. The molecule has 4 aromatic carbocycles. The highest BCUT2D eigenvalue weighted by Crippen LogP contribution is 2.38. The summed E-state index contributed by atoms with van der Waals surface area (Å²) in [6.45, 7) is 13.4. The van der Waals surface area contributed by atoms with Gasteiger partial charge in [-0.15, -0.1) is 4.58 Å². The Kier molecular flexibility index (Phi) is 19.6. The molecule has 0 saturated heterocycles. The van der Waals surface area contributed by atoms with E-state index in [1.54, 1.807) is 27.3 Å². The normalized spacial score (nSPS) is 16.2. The minimum absolute atomic E-state index is 0.00270. The van der Waals surface area contributed by atoms with E-state index in [-0.39, 0.29) is 48.6 Å². The maximum absolute atomic E-state index is 13.4. The van der Waals surface area contributed by atoms with Gasteiger partial charge in [0.15, 0.2) is 6.04 Å². The van der Waals surface area contributed by atoms with Crippen molar-refractivity contribution < 1.29 is 62.0 Å². The van der Waals surface area contributed by atoms with E-state index in [1.165, 1.54) is 6.08 Å². The Balaban J connectivity index is 0.639. The minimum Gasteiger partial charge on any atom is -0.489 e. The molecule has 0 radical (unpaired) electrons. The number of carbonyl (C=O) groups excluding carboxylic acids is 4. The lowest BCUT2D eigenvalue weighted by Gasteiger charge is -2.33. The van der Waals surface area contributed by atoms with Gasteiger partial charge in [0.2, 0.25) is 12.1 Å². The quantitative estimate of drug-likeness (QED) is 0.0314. The number of fused-ring (bicyclic) bond motifs is 5. The molecule has 3 heterocycles. The third-order valence-electron chi connectivity index (χ3n) is 12.6. The van der Waals surface area contributed by atoms with Crippen molar-refractivity contribution in [3.63, 3.8) is 0 Å². The summed E-state index contributed by atoms with van der Waals surface area (Å²) < 4.78 is 42.8. The first-order valence-electron chi connectivity index (χ1n) is 24.6. The zero-order chi connectivity index (χ0) is 50.9. The van der Waals surface area contributed by atoms with Gasteiger partial charge in [-0.1, -0.05) is 69.0 Å². The molecule has 17 heteroatoms. The van der Waals surface area contributed by atoms with Gasteiger partial charge >= 0.3 is 5.91 Å². The SMILES string of the molecule is C=CC(=O)n1c2ccccc2c2cc(C(=O)NCCOCCOCCOCCOCCOCCOCCC(=O)NCc3ccc(COc4ccc5c(c4)N(C)[C@@H](C(C)C)C(=O)[N+]4=C[C@@]4(CO)C5)cc3)ccc21.